The SMILES string of the molecule is C[C@H](NCCn1cnc2c1c(=O)n(C)c(=O)n2C)[C@@H](O)c1ccccc1. The first-order chi connectivity index (χ1) is 12.4. The van der Waals surface area contributed by atoms with E-state index in [-0.39, 0.29) is 11.6 Å². The average molecular weight is 357 g/mol. The zero-order valence-electron chi connectivity index (χ0n) is 15.1. The third-order valence-electron chi connectivity index (χ3n) is 4.65. The van der Waals surface area contributed by atoms with Crippen LogP contribution < -0.4 is 16.6 Å². The van der Waals surface area contributed by atoms with Crippen LogP contribution in [0.2, 0.25) is 0 Å². The zero-order chi connectivity index (χ0) is 18.8. The number of benzene rings is 1. The van der Waals surface area contributed by atoms with Gasteiger partial charge in [0.1, 0.15) is 0 Å². The zero-order valence-corrected chi connectivity index (χ0v) is 15.1. The van der Waals surface area contributed by atoms with Crippen molar-refractivity contribution in [3.8, 4) is 0 Å². The smallest absolute Gasteiger partial charge is 0.332 e. The minimum absolute atomic E-state index is 0.153. The molecular weight excluding hydrogens is 334 g/mol. The van der Waals surface area contributed by atoms with E-state index in [1.165, 1.54) is 11.6 Å². The standard InChI is InChI=1S/C18H23N5O3/c1-12(15(24)13-7-5-4-6-8-13)19-9-10-23-11-20-16-14(23)17(25)22(3)18(26)21(16)2/h4-8,11-12,15,19,24H,9-10H2,1-3H3/t12-,15+/m0/s1. The molecule has 0 aliphatic heterocycles. The fraction of sp³-hybridized carbons (Fsp3) is 0.389. The number of fused-ring (bicyclic) bond motifs is 1. The monoisotopic (exact) mass is 357 g/mol. The fourth-order valence-electron chi connectivity index (χ4n) is 3.03. The van der Waals surface area contributed by atoms with Crippen LogP contribution >= 0.6 is 0 Å². The molecule has 2 atom stereocenters. The molecule has 0 amide bonds. The Kier molecular flexibility index (Phi) is 5.06. The lowest BCUT2D eigenvalue weighted by molar-refractivity contribution is 0.135. The highest BCUT2D eigenvalue weighted by atomic mass is 16.3. The number of aryl methyl sites for hydroxylation is 1. The Morgan fingerprint density at radius 3 is 2.54 bits per heavy atom. The molecule has 3 aromatic rings. The molecule has 2 heterocycles. The summed E-state index contributed by atoms with van der Waals surface area (Å²) in [5, 5.41) is 13.7. The van der Waals surface area contributed by atoms with Crippen molar-refractivity contribution < 1.29 is 5.11 Å². The van der Waals surface area contributed by atoms with Crippen LogP contribution in [0.3, 0.4) is 0 Å². The third kappa shape index (κ3) is 3.21. The van der Waals surface area contributed by atoms with E-state index in [2.05, 4.69) is 10.3 Å². The van der Waals surface area contributed by atoms with Crippen molar-refractivity contribution in [2.45, 2.75) is 25.6 Å². The number of aliphatic hydroxyl groups excluding tert-OH is 1. The Morgan fingerprint density at radius 2 is 1.85 bits per heavy atom. The third-order valence-corrected chi connectivity index (χ3v) is 4.65. The quantitative estimate of drug-likeness (QED) is 0.655. The first kappa shape index (κ1) is 18.1. The average Bonchev–Trinajstić information content (AvgIpc) is 3.08. The van der Waals surface area contributed by atoms with Crippen molar-refractivity contribution in [3.63, 3.8) is 0 Å². The normalized spacial score (nSPS) is 13.8. The molecule has 0 saturated heterocycles. The van der Waals surface area contributed by atoms with Crippen LogP contribution in [0.25, 0.3) is 11.2 Å². The van der Waals surface area contributed by atoms with Crippen molar-refractivity contribution in [1.29, 1.82) is 0 Å². The summed E-state index contributed by atoms with van der Waals surface area (Å²) in [7, 11) is 3.05. The maximum absolute atomic E-state index is 12.4. The molecule has 0 aliphatic carbocycles. The summed E-state index contributed by atoms with van der Waals surface area (Å²) < 4.78 is 4.17. The predicted octanol–water partition coefficient (Wildman–Crippen LogP) is 0.145. The summed E-state index contributed by atoms with van der Waals surface area (Å²) in [6, 6.07) is 9.31. The second kappa shape index (κ2) is 7.27. The maximum atomic E-state index is 12.4. The molecule has 3 rings (SSSR count). The van der Waals surface area contributed by atoms with E-state index < -0.39 is 11.8 Å². The highest BCUT2D eigenvalue weighted by Gasteiger charge is 2.17. The number of nitrogens with zero attached hydrogens (tertiary/aromatic N) is 4. The number of nitrogens with one attached hydrogen (secondary N) is 1. The molecule has 0 spiro atoms. The highest BCUT2D eigenvalue weighted by molar-refractivity contribution is 5.69. The lowest BCUT2D eigenvalue weighted by Gasteiger charge is -2.20. The Hall–Kier alpha value is -2.71. The van der Waals surface area contributed by atoms with Crippen LogP contribution in [-0.2, 0) is 20.6 Å². The van der Waals surface area contributed by atoms with Crippen LogP contribution in [-0.4, -0.2) is 36.4 Å². The molecule has 26 heavy (non-hydrogen) atoms. The van der Waals surface area contributed by atoms with Crippen molar-refractivity contribution >= 4 is 11.2 Å². The van der Waals surface area contributed by atoms with E-state index in [0.29, 0.717) is 24.3 Å². The Bertz CT molecular complexity index is 1020. The summed E-state index contributed by atoms with van der Waals surface area (Å²) in [6.07, 6.45) is 0.940. The molecular formula is C18H23N5O3. The number of imidazole rings is 1. The van der Waals surface area contributed by atoms with Gasteiger partial charge < -0.3 is 15.0 Å². The summed E-state index contributed by atoms with van der Waals surface area (Å²) in [5.74, 6) is 0. The summed E-state index contributed by atoms with van der Waals surface area (Å²) in [4.78, 5) is 28.6. The van der Waals surface area contributed by atoms with Gasteiger partial charge in [0.05, 0.1) is 12.4 Å². The molecule has 0 radical (unpaired) electrons. The molecule has 0 bridgehead atoms. The van der Waals surface area contributed by atoms with Crippen molar-refractivity contribution in [2.75, 3.05) is 6.54 Å². The van der Waals surface area contributed by atoms with Gasteiger partial charge in [0, 0.05) is 33.2 Å². The maximum Gasteiger partial charge on any atom is 0.332 e. The molecule has 8 heteroatoms. The van der Waals surface area contributed by atoms with E-state index in [9.17, 15) is 14.7 Å². The van der Waals surface area contributed by atoms with Gasteiger partial charge in [-0.2, -0.15) is 0 Å². The number of rotatable bonds is 6. The van der Waals surface area contributed by atoms with E-state index >= 15 is 0 Å². The van der Waals surface area contributed by atoms with Gasteiger partial charge in [-0.15, -0.1) is 0 Å². The van der Waals surface area contributed by atoms with Crippen molar-refractivity contribution in [2.24, 2.45) is 14.1 Å². The molecule has 0 unspecified atom stereocenters. The van der Waals surface area contributed by atoms with E-state index in [4.69, 9.17) is 0 Å². The molecule has 0 fully saturated rings. The number of hydrogen-bond acceptors (Lipinski definition) is 5. The van der Waals surface area contributed by atoms with Crippen LogP contribution in [0.5, 0.6) is 0 Å². The van der Waals surface area contributed by atoms with E-state index in [1.54, 1.807) is 17.9 Å². The second-order valence-electron chi connectivity index (χ2n) is 6.41. The lowest BCUT2D eigenvalue weighted by Crippen LogP contribution is -2.38. The minimum Gasteiger partial charge on any atom is -0.387 e. The first-order valence-corrected chi connectivity index (χ1v) is 8.49. The number of aliphatic hydroxyl groups is 1. The number of hydrogen-bond donors (Lipinski definition) is 2. The van der Waals surface area contributed by atoms with Gasteiger partial charge in [0.2, 0.25) is 0 Å². The fourth-order valence-corrected chi connectivity index (χ4v) is 3.03. The lowest BCUT2D eigenvalue weighted by atomic mass is 10.0. The van der Waals surface area contributed by atoms with Gasteiger partial charge in [0.15, 0.2) is 11.2 Å². The molecule has 2 N–H and O–H groups in total. The number of aromatic nitrogens is 4. The molecule has 0 saturated carbocycles. The van der Waals surface area contributed by atoms with Crippen LogP contribution in [0.1, 0.15) is 18.6 Å². The molecule has 1 aromatic carbocycles. The van der Waals surface area contributed by atoms with Crippen molar-refractivity contribution in [3.05, 3.63) is 63.1 Å². The van der Waals surface area contributed by atoms with E-state index in [0.717, 1.165) is 10.1 Å². The Labute approximate surface area is 150 Å². The molecule has 8 nitrogen and oxygen atoms in total. The molecule has 2 aromatic heterocycles. The van der Waals surface area contributed by atoms with Crippen LogP contribution in [0, 0.1) is 0 Å². The van der Waals surface area contributed by atoms with Gasteiger partial charge in [-0.1, -0.05) is 30.3 Å². The first-order valence-electron chi connectivity index (χ1n) is 8.49. The van der Waals surface area contributed by atoms with Gasteiger partial charge in [-0.3, -0.25) is 13.9 Å². The largest absolute Gasteiger partial charge is 0.387 e. The second-order valence-corrected chi connectivity index (χ2v) is 6.41. The summed E-state index contributed by atoms with van der Waals surface area (Å²) in [6.45, 7) is 2.95. The Balaban J connectivity index is 1.73. The summed E-state index contributed by atoms with van der Waals surface area (Å²) >= 11 is 0. The summed E-state index contributed by atoms with van der Waals surface area (Å²) in [5.41, 5.74) is 0.857. The Morgan fingerprint density at radius 1 is 1.15 bits per heavy atom. The topological polar surface area (TPSA) is 94.1 Å². The van der Waals surface area contributed by atoms with Gasteiger partial charge in [-0.25, -0.2) is 9.78 Å². The van der Waals surface area contributed by atoms with Crippen molar-refractivity contribution in [1.82, 2.24) is 24.0 Å². The van der Waals surface area contributed by atoms with E-state index in [1.807, 2.05) is 37.3 Å². The van der Waals surface area contributed by atoms with Gasteiger partial charge in [0.25, 0.3) is 5.56 Å². The van der Waals surface area contributed by atoms with Crippen LogP contribution in [0.4, 0.5) is 0 Å². The highest BCUT2D eigenvalue weighted by Crippen LogP contribution is 2.15. The molecule has 0 aliphatic rings. The van der Waals surface area contributed by atoms with Gasteiger partial charge >= 0.3 is 5.69 Å². The minimum atomic E-state index is -0.621. The predicted molar refractivity (Wildman–Crippen MR) is 99.1 cm³/mol. The molecule has 138 valence electrons. The van der Waals surface area contributed by atoms with Crippen LogP contribution in [0.15, 0.2) is 46.2 Å². The van der Waals surface area contributed by atoms with Gasteiger partial charge in [-0.05, 0) is 12.5 Å².